The van der Waals surface area contributed by atoms with E-state index in [0.717, 1.165) is 31.8 Å². The highest BCUT2D eigenvalue weighted by atomic mass is 79.9. The summed E-state index contributed by atoms with van der Waals surface area (Å²) in [5.74, 6) is -0.213. The lowest BCUT2D eigenvalue weighted by Crippen LogP contribution is -2.39. The van der Waals surface area contributed by atoms with Crippen molar-refractivity contribution in [3.63, 3.8) is 0 Å². The van der Waals surface area contributed by atoms with Crippen LogP contribution in [-0.4, -0.2) is 42.3 Å². The van der Waals surface area contributed by atoms with Gasteiger partial charge in [0.2, 0.25) is 0 Å². The first-order valence-corrected chi connectivity index (χ1v) is 11.9. The van der Waals surface area contributed by atoms with Crippen molar-refractivity contribution in [1.29, 1.82) is 0 Å². The highest BCUT2D eigenvalue weighted by Crippen LogP contribution is 2.40. The number of aromatic nitrogens is 5. The molecule has 0 bridgehead atoms. The van der Waals surface area contributed by atoms with Gasteiger partial charge in [0, 0.05) is 29.3 Å². The van der Waals surface area contributed by atoms with Gasteiger partial charge < -0.3 is 9.88 Å². The molecule has 1 amide bonds. The summed E-state index contributed by atoms with van der Waals surface area (Å²) in [6, 6.07) is 1.92. The van der Waals surface area contributed by atoms with Crippen molar-refractivity contribution < 1.29 is 4.79 Å². The predicted octanol–water partition coefficient (Wildman–Crippen LogP) is 4.01. The molecule has 164 valence electrons. The van der Waals surface area contributed by atoms with Crippen molar-refractivity contribution in [3.05, 3.63) is 59.5 Å². The zero-order valence-electron chi connectivity index (χ0n) is 17.5. The van der Waals surface area contributed by atoms with E-state index in [1.807, 2.05) is 19.9 Å². The number of pyridine rings is 1. The second-order valence-electron chi connectivity index (χ2n) is 7.79. The van der Waals surface area contributed by atoms with Crippen molar-refractivity contribution in [2.24, 2.45) is 7.05 Å². The number of amides is 1. The Balaban J connectivity index is 1.60. The van der Waals surface area contributed by atoms with Gasteiger partial charge in [0.15, 0.2) is 0 Å². The Morgan fingerprint density at radius 2 is 2.09 bits per heavy atom. The van der Waals surface area contributed by atoms with Gasteiger partial charge in [-0.1, -0.05) is 32.7 Å². The molecule has 1 aromatic carbocycles. The molecule has 1 aliphatic rings. The molecule has 32 heavy (non-hydrogen) atoms. The molecule has 0 spiro atoms. The molecule has 0 aliphatic carbocycles. The van der Waals surface area contributed by atoms with Gasteiger partial charge in [-0.25, -0.2) is 9.67 Å². The first-order chi connectivity index (χ1) is 15.3. The molecule has 4 heterocycles. The van der Waals surface area contributed by atoms with Crippen LogP contribution in [0.2, 0.25) is 5.02 Å². The summed E-state index contributed by atoms with van der Waals surface area (Å²) >= 11 is 11.9. The summed E-state index contributed by atoms with van der Waals surface area (Å²) in [6.07, 6.45) is 0.619. The van der Waals surface area contributed by atoms with Crippen LogP contribution in [0.3, 0.4) is 0 Å². The summed E-state index contributed by atoms with van der Waals surface area (Å²) in [4.78, 5) is 35.2. The molecule has 11 heteroatoms. The van der Waals surface area contributed by atoms with Gasteiger partial charge in [0.1, 0.15) is 0 Å². The first kappa shape index (κ1) is 21.3. The Kier molecular flexibility index (Phi) is 5.18. The third-order valence-corrected chi connectivity index (χ3v) is 7.86. The minimum Gasteiger partial charge on any atom is -0.334 e. The molecule has 8 nitrogen and oxygen atoms in total. The van der Waals surface area contributed by atoms with E-state index in [0.29, 0.717) is 40.2 Å². The van der Waals surface area contributed by atoms with Gasteiger partial charge in [-0.05, 0) is 31.9 Å². The van der Waals surface area contributed by atoms with Crippen molar-refractivity contribution in [2.45, 2.75) is 26.8 Å². The molecule has 0 radical (unpaired) electrons. The molecule has 1 aliphatic heterocycles. The lowest BCUT2D eigenvalue weighted by Gasteiger charge is -2.30. The third kappa shape index (κ3) is 3.20. The number of hydrogen-bond acceptors (Lipinski definition) is 6. The standard InChI is InChI=1S/C21H18BrClN6O2S/c1-9-18(28(3)27-26-9)12-6-14(22)11-4-5-29(21(31)15(11)16(12)23)7-13-17-19(32-8-24-17)10(2)25-20(13)30/h6,8H,4-5,7H2,1-3H3,(H,25,30). The maximum absolute atomic E-state index is 13.6. The van der Waals surface area contributed by atoms with Gasteiger partial charge in [0.25, 0.3) is 11.5 Å². The predicted molar refractivity (Wildman–Crippen MR) is 127 cm³/mol. The number of H-pyrrole nitrogens is 1. The minimum absolute atomic E-state index is 0.165. The molecule has 1 N–H and O–H groups in total. The lowest BCUT2D eigenvalue weighted by molar-refractivity contribution is 0.0727. The molecule has 3 aromatic heterocycles. The monoisotopic (exact) mass is 532 g/mol. The molecule has 0 saturated heterocycles. The highest BCUT2D eigenvalue weighted by Gasteiger charge is 2.32. The second kappa shape index (κ2) is 7.79. The van der Waals surface area contributed by atoms with E-state index in [-0.39, 0.29) is 18.0 Å². The number of nitrogens with zero attached hydrogens (tertiary/aromatic N) is 5. The largest absolute Gasteiger partial charge is 0.334 e. The van der Waals surface area contributed by atoms with Gasteiger partial charge in [-0.2, -0.15) is 0 Å². The maximum Gasteiger partial charge on any atom is 0.256 e. The van der Waals surface area contributed by atoms with Crippen LogP contribution in [0.5, 0.6) is 0 Å². The number of aryl methyl sites for hydroxylation is 3. The van der Waals surface area contributed by atoms with Gasteiger partial charge in [-0.15, -0.1) is 16.4 Å². The topological polar surface area (TPSA) is 96.8 Å². The Morgan fingerprint density at radius 3 is 2.81 bits per heavy atom. The van der Waals surface area contributed by atoms with Crippen LogP contribution in [0.15, 0.2) is 20.8 Å². The van der Waals surface area contributed by atoms with Crippen LogP contribution in [-0.2, 0) is 20.0 Å². The average molecular weight is 534 g/mol. The third-order valence-electron chi connectivity index (χ3n) is 5.82. The molecule has 0 unspecified atom stereocenters. The number of fused-ring (bicyclic) bond motifs is 2. The normalized spacial score (nSPS) is 13.8. The number of thiazole rings is 1. The minimum atomic E-state index is -0.225. The summed E-state index contributed by atoms with van der Waals surface area (Å²) in [5.41, 5.74) is 6.88. The van der Waals surface area contributed by atoms with Crippen LogP contribution in [0.4, 0.5) is 0 Å². The Labute approximate surface area is 200 Å². The summed E-state index contributed by atoms with van der Waals surface area (Å²) in [7, 11) is 1.79. The summed E-state index contributed by atoms with van der Waals surface area (Å²) in [6.45, 7) is 4.34. The summed E-state index contributed by atoms with van der Waals surface area (Å²) in [5, 5.41) is 8.53. The first-order valence-electron chi connectivity index (χ1n) is 9.89. The highest BCUT2D eigenvalue weighted by molar-refractivity contribution is 9.10. The maximum atomic E-state index is 13.6. The van der Waals surface area contributed by atoms with Gasteiger partial charge >= 0.3 is 0 Å². The average Bonchev–Trinajstić information content (AvgIpc) is 3.36. The van der Waals surface area contributed by atoms with Crippen LogP contribution >= 0.6 is 38.9 Å². The van der Waals surface area contributed by atoms with E-state index in [9.17, 15) is 9.59 Å². The molecular formula is C21H18BrClN6O2S. The number of nitrogens with one attached hydrogen (secondary N) is 1. The number of benzene rings is 1. The van der Waals surface area contributed by atoms with Crippen LogP contribution < -0.4 is 5.56 Å². The van der Waals surface area contributed by atoms with Crippen LogP contribution in [0, 0.1) is 13.8 Å². The fourth-order valence-electron chi connectivity index (χ4n) is 4.27. The number of aromatic amines is 1. The van der Waals surface area contributed by atoms with Crippen molar-refractivity contribution in [3.8, 4) is 11.3 Å². The lowest BCUT2D eigenvalue weighted by atomic mass is 9.94. The quantitative estimate of drug-likeness (QED) is 0.429. The van der Waals surface area contributed by atoms with Gasteiger partial charge in [0.05, 0.1) is 49.8 Å². The van der Waals surface area contributed by atoms with E-state index < -0.39 is 0 Å². The van der Waals surface area contributed by atoms with Crippen LogP contribution in [0.25, 0.3) is 21.5 Å². The van der Waals surface area contributed by atoms with Crippen LogP contribution in [0.1, 0.15) is 32.9 Å². The smallest absolute Gasteiger partial charge is 0.256 e. The van der Waals surface area contributed by atoms with Crippen molar-refractivity contribution in [1.82, 2.24) is 29.9 Å². The van der Waals surface area contributed by atoms with E-state index in [2.05, 4.69) is 36.2 Å². The molecule has 4 aromatic rings. The van der Waals surface area contributed by atoms with E-state index in [1.165, 1.54) is 11.3 Å². The number of halogens is 2. The Bertz CT molecular complexity index is 1450. The number of rotatable bonds is 3. The zero-order valence-corrected chi connectivity index (χ0v) is 20.7. The molecule has 0 fully saturated rings. The zero-order chi connectivity index (χ0) is 22.7. The molecular weight excluding hydrogens is 516 g/mol. The summed E-state index contributed by atoms with van der Waals surface area (Å²) < 4.78 is 3.38. The molecule has 0 saturated carbocycles. The number of hydrogen-bond donors (Lipinski definition) is 1. The number of carbonyl (C=O) groups is 1. The SMILES string of the molecule is Cc1nnn(C)c1-c1cc(Br)c2c(c1Cl)C(=O)N(Cc1c(=O)[nH]c(C)c3scnc13)CC2. The fourth-order valence-corrected chi connectivity index (χ4v) is 6.01. The Morgan fingerprint density at radius 1 is 1.31 bits per heavy atom. The van der Waals surface area contributed by atoms with E-state index in [4.69, 9.17) is 11.6 Å². The van der Waals surface area contributed by atoms with Crippen molar-refractivity contribution in [2.75, 3.05) is 6.54 Å². The number of carbonyl (C=O) groups excluding carboxylic acids is 1. The molecule has 5 rings (SSSR count). The van der Waals surface area contributed by atoms with Crippen molar-refractivity contribution >= 4 is 55.0 Å². The molecule has 0 atom stereocenters. The fraction of sp³-hybridized carbons (Fsp3) is 0.286. The van der Waals surface area contributed by atoms with E-state index >= 15 is 0 Å². The van der Waals surface area contributed by atoms with E-state index in [1.54, 1.807) is 22.1 Å². The van der Waals surface area contributed by atoms with Gasteiger partial charge in [-0.3, -0.25) is 9.59 Å². The second-order valence-corrected chi connectivity index (χ2v) is 9.87. The Hall–Kier alpha value is -2.56.